The lowest BCUT2D eigenvalue weighted by Gasteiger charge is -2.34. The Kier molecular flexibility index (Phi) is 4.91. The van der Waals surface area contributed by atoms with Gasteiger partial charge in [-0.3, -0.25) is 4.90 Å². The van der Waals surface area contributed by atoms with Gasteiger partial charge in [0.25, 0.3) is 0 Å². The van der Waals surface area contributed by atoms with Crippen LogP contribution in [0.3, 0.4) is 0 Å². The Balaban J connectivity index is 1.83. The molecular formula is C16H31NO2. The lowest BCUT2D eigenvalue weighted by atomic mass is 9.85. The molecular weight excluding hydrogens is 238 g/mol. The molecule has 4 unspecified atom stereocenters. The topological polar surface area (TPSA) is 32.7 Å². The summed E-state index contributed by atoms with van der Waals surface area (Å²) in [5.41, 5.74) is -0.162. The maximum atomic E-state index is 10.2. The third-order valence-electron chi connectivity index (χ3n) is 4.64. The normalized spacial score (nSPS) is 34.3. The highest BCUT2D eigenvalue weighted by atomic mass is 16.5. The number of ether oxygens (including phenoxy) is 1. The van der Waals surface area contributed by atoms with Crippen LogP contribution in [0.25, 0.3) is 0 Å². The van der Waals surface area contributed by atoms with E-state index in [1.807, 2.05) is 20.8 Å². The molecule has 1 aliphatic carbocycles. The maximum absolute atomic E-state index is 10.2. The largest absolute Gasteiger partial charge is 0.389 e. The molecule has 0 amide bonds. The molecule has 0 bridgehead atoms. The van der Waals surface area contributed by atoms with Crippen LogP contribution < -0.4 is 0 Å². The number of aliphatic hydroxyl groups is 1. The van der Waals surface area contributed by atoms with Gasteiger partial charge in [-0.05, 0) is 52.9 Å². The first-order valence-electron chi connectivity index (χ1n) is 7.94. The summed E-state index contributed by atoms with van der Waals surface area (Å²) < 4.78 is 5.70. The minimum absolute atomic E-state index is 0.162. The summed E-state index contributed by atoms with van der Waals surface area (Å²) in [7, 11) is 0. The van der Waals surface area contributed by atoms with Crippen LogP contribution in [0, 0.1) is 5.92 Å². The van der Waals surface area contributed by atoms with E-state index in [-0.39, 0.29) is 11.7 Å². The molecule has 1 saturated carbocycles. The number of hydrogen-bond acceptors (Lipinski definition) is 3. The number of fused-ring (bicyclic) bond motifs is 1. The maximum Gasteiger partial charge on any atom is 0.0900 e. The van der Waals surface area contributed by atoms with Gasteiger partial charge in [0.1, 0.15) is 0 Å². The minimum atomic E-state index is -0.359. The SMILES string of the molecule is CC1CC2CCCCC2N1CC(O)COC(C)(C)C. The summed E-state index contributed by atoms with van der Waals surface area (Å²) >= 11 is 0. The Morgan fingerprint density at radius 1 is 1.26 bits per heavy atom. The molecule has 2 fully saturated rings. The van der Waals surface area contributed by atoms with Crippen molar-refractivity contribution in [3.05, 3.63) is 0 Å². The van der Waals surface area contributed by atoms with E-state index in [9.17, 15) is 5.11 Å². The van der Waals surface area contributed by atoms with Crippen LogP contribution in [0.5, 0.6) is 0 Å². The molecule has 0 aromatic rings. The van der Waals surface area contributed by atoms with Crippen LogP contribution in [0.15, 0.2) is 0 Å². The monoisotopic (exact) mass is 269 g/mol. The predicted molar refractivity (Wildman–Crippen MR) is 78.2 cm³/mol. The number of aliphatic hydroxyl groups excluding tert-OH is 1. The van der Waals surface area contributed by atoms with Crippen LogP contribution in [0.1, 0.15) is 59.8 Å². The second kappa shape index (κ2) is 6.11. The van der Waals surface area contributed by atoms with Crippen LogP contribution in [0.2, 0.25) is 0 Å². The van der Waals surface area contributed by atoms with Crippen molar-refractivity contribution >= 4 is 0 Å². The van der Waals surface area contributed by atoms with Crippen molar-refractivity contribution in [3.63, 3.8) is 0 Å². The highest BCUT2D eigenvalue weighted by Crippen LogP contribution is 2.39. The Morgan fingerprint density at radius 2 is 1.95 bits per heavy atom. The summed E-state index contributed by atoms with van der Waals surface area (Å²) in [4.78, 5) is 2.54. The van der Waals surface area contributed by atoms with Gasteiger partial charge in [-0.15, -0.1) is 0 Å². The fourth-order valence-corrected chi connectivity index (χ4v) is 3.76. The van der Waals surface area contributed by atoms with Crippen molar-refractivity contribution in [1.82, 2.24) is 4.90 Å². The zero-order valence-corrected chi connectivity index (χ0v) is 13.1. The van der Waals surface area contributed by atoms with Gasteiger partial charge in [0.2, 0.25) is 0 Å². The predicted octanol–water partition coefficient (Wildman–Crippen LogP) is 2.82. The van der Waals surface area contributed by atoms with E-state index in [0.717, 1.165) is 12.5 Å². The second-order valence-corrected chi connectivity index (χ2v) is 7.47. The van der Waals surface area contributed by atoms with Gasteiger partial charge in [-0.2, -0.15) is 0 Å². The van der Waals surface area contributed by atoms with Crippen LogP contribution in [-0.4, -0.2) is 46.9 Å². The van der Waals surface area contributed by atoms with Gasteiger partial charge < -0.3 is 9.84 Å². The number of hydrogen-bond donors (Lipinski definition) is 1. The van der Waals surface area contributed by atoms with Crippen molar-refractivity contribution in [1.29, 1.82) is 0 Å². The number of likely N-dealkylation sites (tertiary alicyclic amines) is 1. The molecule has 0 spiro atoms. The summed E-state index contributed by atoms with van der Waals surface area (Å²) in [6, 6.07) is 1.34. The summed E-state index contributed by atoms with van der Waals surface area (Å²) in [6.07, 6.45) is 6.43. The zero-order chi connectivity index (χ0) is 14.0. The third kappa shape index (κ3) is 4.17. The molecule has 1 aliphatic heterocycles. The Morgan fingerprint density at radius 3 is 2.63 bits per heavy atom. The van der Waals surface area contributed by atoms with Crippen molar-refractivity contribution in [2.75, 3.05) is 13.2 Å². The average Bonchev–Trinajstić information content (AvgIpc) is 2.63. The fourth-order valence-electron chi connectivity index (χ4n) is 3.76. The molecule has 0 aromatic heterocycles. The van der Waals surface area contributed by atoms with Gasteiger partial charge in [-0.1, -0.05) is 12.8 Å². The average molecular weight is 269 g/mol. The van der Waals surface area contributed by atoms with Crippen LogP contribution in [0.4, 0.5) is 0 Å². The van der Waals surface area contributed by atoms with Gasteiger partial charge in [-0.25, -0.2) is 0 Å². The molecule has 112 valence electrons. The lowest BCUT2D eigenvalue weighted by Crippen LogP contribution is -2.44. The first-order chi connectivity index (χ1) is 8.87. The Bertz CT molecular complexity index is 287. The zero-order valence-electron chi connectivity index (χ0n) is 13.1. The summed E-state index contributed by atoms with van der Waals surface area (Å²) in [5.74, 6) is 0.875. The van der Waals surface area contributed by atoms with Gasteiger partial charge in [0, 0.05) is 18.6 Å². The highest BCUT2D eigenvalue weighted by molar-refractivity contribution is 4.94. The molecule has 3 heteroatoms. The van der Waals surface area contributed by atoms with Gasteiger partial charge >= 0.3 is 0 Å². The second-order valence-electron chi connectivity index (χ2n) is 7.47. The van der Waals surface area contributed by atoms with Crippen molar-refractivity contribution in [2.24, 2.45) is 5.92 Å². The van der Waals surface area contributed by atoms with Gasteiger partial charge in [0.15, 0.2) is 0 Å². The Labute approximate surface area is 118 Å². The van der Waals surface area contributed by atoms with E-state index in [0.29, 0.717) is 18.7 Å². The molecule has 1 heterocycles. The van der Waals surface area contributed by atoms with Crippen molar-refractivity contribution in [2.45, 2.75) is 83.6 Å². The number of β-amino-alcohol motifs (C(OH)–C–C–N with tert-alkyl or cyclic N) is 1. The van der Waals surface area contributed by atoms with Crippen molar-refractivity contribution < 1.29 is 9.84 Å². The summed E-state index contributed by atoms with van der Waals surface area (Å²) in [6.45, 7) is 9.65. The highest BCUT2D eigenvalue weighted by Gasteiger charge is 2.40. The Hall–Kier alpha value is -0.120. The van der Waals surface area contributed by atoms with E-state index < -0.39 is 0 Å². The van der Waals surface area contributed by atoms with Crippen LogP contribution >= 0.6 is 0 Å². The van der Waals surface area contributed by atoms with E-state index >= 15 is 0 Å². The molecule has 4 atom stereocenters. The number of rotatable bonds is 4. The van der Waals surface area contributed by atoms with E-state index in [4.69, 9.17) is 4.74 Å². The number of nitrogens with zero attached hydrogens (tertiary/aromatic N) is 1. The molecule has 3 nitrogen and oxygen atoms in total. The minimum Gasteiger partial charge on any atom is -0.389 e. The standard InChI is InChI=1S/C16H31NO2/c1-12-9-13-7-5-6-8-15(13)17(12)10-14(18)11-19-16(2,3)4/h12-15,18H,5-11H2,1-4H3. The third-order valence-corrected chi connectivity index (χ3v) is 4.64. The van der Waals surface area contributed by atoms with E-state index in [2.05, 4.69) is 11.8 Å². The molecule has 2 aliphatic rings. The first kappa shape index (κ1) is 15.3. The molecule has 19 heavy (non-hydrogen) atoms. The van der Waals surface area contributed by atoms with E-state index in [1.54, 1.807) is 0 Å². The molecule has 1 N–H and O–H groups in total. The molecule has 0 radical (unpaired) electrons. The van der Waals surface area contributed by atoms with Crippen LogP contribution in [-0.2, 0) is 4.74 Å². The van der Waals surface area contributed by atoms with Gasteiger partial charge in [0.05, 0.1) is 18.3 Å². The molecule has 0 aromatic carbocycles. The van der Waals surface area contributed by atoms with Crippen molar-refractivity contribution in [3.8, 4) is 0 Å². The molecule has 2 rings (SSSR count). The quantitative estimate of drug-likeness (QED) is 0.852. The lowest BCUT2D eigenvalue weighted by molar-refractivity contribution is -0.0602. The summed E-state index contributed by atoms with van der Waals surface area (Å²) in [5, 5.41) is 10.2. The molecule has 1 saturated heterocycles. The fraction of sp³-hybridized carbons (Fsp3) is 1.00. The smallest absolute Gasteiger partial charge is 0.0900 e. The van der Waals surface area contributed by atoms with E-state index in [1.165, 1.54) is 32.1 Å². The first-order valence-corrected chi connectivity index (χ1v) is 7.94.